The van der Waals surface area contributed by atoms with Crippen LogP contribution in [0, 0.1) is 11.8 Å². The summed E-state index contributed by atoms with van der Waals surface area (Å²) in [5.41, 5.74) is 4.57. The molecule has 3 heteroatoms. The van der Waals surface area contributed by atoms with Crippen molar-refractivity contribution in [3.8, 4) is 0 Å². The number of rotatable bonds is 8. The molecule has 0 radical (unpaired) electrons. The van der Waals surface area contributed by atoms with E-state index in [0.29, 0.717) is 11.8 Å². The third-order valence-electron chi connectivity index (χ3n) is 3.33. The first kappa shape index (κ1) is 15.2. The van der Waals surface area contributed by atoms with Gasteiger partial charge in [0.2, 0.25) is 0 Å². The van der Waals surface area contributed by atoms with Crippen LogP contribution in [0.15, 0.2) is 41.2 Å². The summed E-state index contributed by atoms with van der Waals surface area (Å²) >= 11 is 1.69. The topological polar surface area (TPSA) is 24.9 Å². The number of hydrogen-bond donors (Lipinski definition) is 1. The van der Waals surface area contributed by atoms with Crippen molar-refractivity contribution in [1.29, 1.82) is 0 Å². The molecule has 1 heterocycles. The lowest BCUT2D eigenvalue weighted by molar-refractivity contribution is 0.443. The molecule has 0 aliphatic carbocycles. The Hall–Kier alpha value is -1.19. The van der Waals surface area contributed by atoms with Crippen molar-refractivity contribution in [1.82, 2.24) is 10.3 Å². The fourth-order valence-corrected chi connectivity index (χ4v) is 2.95. The number of aromatic nitrogens is 1. The summed E-state index contributed by atoms with van der Waals surface area (Å²) in [6.45, 7) is 6.65. The normalized spacial score (nSPS) is 12.8. The highest BCUT2D eigenvalue weighted by atomic mass is 32.1. The summed E-state index contributed by atoms with van der Waals surface area (Å²) in [6.07, 6.45) is 2.17. The first-order valence-electron chi connectivity index (χ1n) is 7.35. The van der Waals surface area contributed by atoms with Gasteiger partial charge in [-0.3, -0.25) is 0 Å². The number of nitrogens with one attached hydrogen (secondary N) is 1. The summed E-state index contributed by atoms with van der Waals surface area (Å²) in [5.74, 6) is 1.31. The second-order valence-electron chi connectivity index (χ2n) is 5.79. The van der Waals surface area contributed by atoms with Crippen LogP contribution in [-0.4, -0.2) is 18.1 Å². The van der Waals surface area contributed by atoms with Crippen LogP contribution in [0.3, 0.4) is 0 Å². The molecule has 0 aliphatic rings. The van der Waals surface area contributed by atoms with Crippen molar-refractivity contribution in [3.05, 3.63) is 52.5 Å². The van der Waals surface area contributed by atoms with Gasteiger partial charge < -0.3 is 5.32 Å². The molecule has 2 rings (SSSR count). The van der Waals surface area contributed by atoms with Gasteiger partial charge in [0, 0.05) is 5.38 Å². The lowest BCUT2D eigenvalue weighted by Crippen LogP contribution is -2.28. The maximum Gasteiger partial charge on any atom is 0.0794 e. The Kier molecular flexibility index (Phi) is 6.22. The molecule has 1 aromatic carbocycles. The van der Waals surface area contributed by atoms with E-state index in [1.165, 1.54) is 11.3 Å². The zero-order valence-corrected chi connectivity index (χ0v) is 13.2. The molecule has 1 unspecified atom stereocenters. The molecule has 0 amide bonds. The molecule has 1 N–H and O–H groups in total. The maximum atomic E-state index is 4.43. The fourth-order valence-electron chi connectivity index (χ4n) is 2.37. The zero-order chi connectivity index (χ0) is 14.2. The first-order valence-corrected chi connectivity index (χ1v) is 8.30. The summed E-state index contributed by atoms with van der Waals surface area (Å²) in [7, 11) is 0. The molecule has 0 bridgehead atoms. The highest BCUT2D eigenvalue weighted by Crippen LogP contribution is 2.14. The summed E-state index contributed by atoms with van der Waals surface area (Å²) in [4.78, 5) is 4.43. The maximum absolute atomic E-state index is 4.43. The molecule has 1 atom stereocenters. The van der Waals surface area contributed by atoms with Gasteiger partial charge in [-0.25, -0.2) is 4.98 Å². The van der Waals surface area contributed by atoms with Crippen LogP contribution >= 0.6 is 11.3 Å². The minimum Gasteiger partial charge on any atom is -0.316 e. The zero-order valence-electron chi connectivity index (χ0n) is 12.4. The first-order chi connectivity index (χ1) is 9.74. The Morgan fingerprint density at radius 1 is 1.10 bits per heavy atom. The van der Waals surface area contributed by atoms with Crippen molar-refractivity contribution < 1.29 is 0 Å². The average molecular weight is 288 g/mol. The van der Waals surface area contributed by atoms with Gasteiger partial charge >= 0.3 is 0 Å². The Morgan fingerprint density at radius 2 is 1.90 bits per heavy atom. The molecular weight excluding hydrogens is 264 g/mol. The van der Waals surface area contributed by atoms with Crippen LogP contribution < -0.4 is 5.32 Å². The molecule has 0 spiro atoms. The molecule has 108 valence electrons. The lowest BCUT2D eigenvalue weighted by Gasteiger charge is -2.18. The molecule has 2 aromatic rings. The van der Waals surface area contributed by atoms with Crippen molar-refractivity contribution in [2.45, 2.75) is 26.7 Å². The van der Waals surface area contributed by atoms with E-state index in [0.717, 1.165) is 25.9 Å². The average Bonchev–Trinajstić information content (AvgIpc) is 2.92. The fraction of sp³-hybridized carbons (Fsp3) is 0.471. The van der Waals surface area contributed by atoms with Gasteiger partial charge in [-0.1, -0.05) is 44.2 Å². The quantitative estimate of drug-likeness (QED) is 0.799. The minimum absolute atomic E-state index is 0.609. The highest BCUT2D eigenvalue weighted by Gasteiger charge is 2.12. The van der Waals surface area contributed by atoms with E-state index in [2.05, 4.69) is 59.9 Å². The lowest BCUT2D eigenvalue weighted by atomic mass is 9.95. The smallest absolute Gasteiger partial charge is 0.0794 e. The van der Waals surface area contributed by atoms with Gasteiger partial charge in [0.1, 0.15) is 0 Å². The molecule has 0 saturated carbocycles. The molecular formula is C17H24N2S. The summed E-state index contributed by atoms with van der Waals surface area (Å²) < 4.78 is 0. The Bertz CT molecular complexity index is 465. The predicted octanol–water partition coefficient (Wildman–Crippen LogP) is 3.79. The van der Waals surface area contributed by atoms with E-state index < -0.39 is 0 Å². The van der Waals surface area contributed by atoms with Gasteiger partial charge in [0.05, 0.1) is 11.2 Å². The van der Waals surface area contributed by atoms with Crippen molar-refractivity contribution in [2.24, 2.45) is 11.8 Å². The van der Waals surface area contributed by atoms with E-state index in [1.54, 1.807) is 11.3 Å². The Labute approximate surface area is 126 Å². The van der Waals surface area contributed by atoms with Crippen LogP contribution in [0.2, 0.25) is 0 Å². The van der Waals surface area contributed by atoms with E-state index in [-0.39, 0.29) is 0 Å². The predicted molar refractivity (Wildman–Crippen MR) is 87.2 cm³/mol. The second-order valence-corrected chi connectivity index (χ2v) is 6.51. The van der Waals surface area contributed by atoms with Gasteiger partial charge in [-0.15, -0.1) is 11.3 Å². The van der Waals surface area contributed by atoms with Crippen LogP contribution in [0.5, 0.6) is 0 Å². The molecule has 0 fully saturated rings. The Morgan fingerprint density at radius 3 is 2.55 bits per heavy atom. The molecule has 20 heavy (non-hydrogen) atoms. The van der Waals surface area contributed by atoms with Gasteiger partial charge in [0.25, 0.3) is 0 Å². The van der Waals surface area contributed by atoms with E-state index in [4.69, 9.17) is 0 Å². The standard InChI is InChI=1S/C17H24N2S/c1-14(2)10-18-11-16(9-17-12-20-13-19-17)8-15-6-4-3-5-7-15/h3-7,12-14,16,18H,8-11H2,1-2H3. The van der Waals surface area contributed by atoms with Crippen LogP contribution in [0.1, 0.15) is 25.1 Å². The summed E-state index contributed by atoms with van der Waals surface area (Å²) in [5, 5.41) is 5.76. The minimum atomic E-state index is 0.609. The van der Waals surface area contributed by atoms with Gasteiger partial charge in [-0.05, 0) is 43.3 Å². The molecule has 1 aromatic heterocycles. The third-order valence-corrected chi connectivity index (χ3v) is 3.97. The number of hydrogen-bond acceptors (Lipinski definition) is 3. The highest BCUT2D eigenvalue weighted by molar-refractivity contribution is 7.07. The van der Waals surface area contributed by atoms with Crippen LogP contribution in [0.4, 0.5) is 0 Å². The molecule has 2 nitrogen and oxygen atoms in total. The summed E-state index contributed by atoms with van der Waals surface area (Å²) in [6, 6.07) is 10.8. The Balaban J connectivity index is 1.92. The van der Waals surface area contributed by atoms with Gasteiger partial charge in [0.15, 0.2) is 0 Å². The molecule has 0 saturated heterocycles. The van der Waals surface area contributed by atoms with E-state index in [1.807, 2.05) is 5.51 Å². The molecule has 0 aliphatic heterocycles. The van der Waals surface area contributed by atoms with Crippen LogP contribution in [0.25, 0.3) is 0 Å². The van der Waals surface area contributed by atoms with Crippen molar-refractivity contribution in [2.75, 3.05) is 13.1 Å². The number of benzene rings is 1. The van der Waals surface area contributed by atoms with E-state index >= 15 is 0 Å². The number of nitrogens with zero attached hydrogens (tertiary/aromatic N) is 1. The monoisotopic (exact) mass is 288 g/mol. The number of thiazole rings is 1. The third kappa shape index (κ3) is 5.43. The van der Waals surface area contributed by atoms with Crippen LogP contribution in [-0.2, 0) is 12.8 Å². The van der Waals surface area contributed by atoms with E-state index in [9.17, 15) is 0 Å². The SMILES string of the molecule is CC(C)CNCC(Cc1ccccc1)Cc1cscn1. The van der Waals surface area contributed by atoms with Gasteiger partial charge in [-0.2, -0.15) is 0 Å². The largest absolute Gasteiger partial charge is 0.316 e. The van der Waals surface area contributed by atoms with Crippen molar-refractivity contribution in [3.63, 3.8) is 0 Å². The van der Waals surface area contributed by atoms with Crippen molar-refractivity contribution >= 4 is 11.3 Å². The second kappa shape index (κ2) is 8.18.